The second-order valence-electron chi connectivity index (χ2n) is 5.35. The van der Waals surface area contributed by atoms with Crippen LogP contribution in [0.25, 0.3) is 10.8 Å². The predicted molar refractivity (Wildman–Crippen MR) is 88.9 cm³/mol. The molecular formula is C15H22ClN3OS. The van der Waals surface area contributed by atoms with Crippen molar-refractivity contribution in [3.63, 3.8) is 0 Å². The smallest absolute Gasteiger partial charge is 0.236 e. The fourth-order valence-corrected chi connectivity index (χ4v) is 3.46. The fraction of sp³-hybridized carbons (Fsp3) is 0.533. The summed E-state index contributed by atoms with van der Waals surface area (Å²) in [6, 6.07) is 4.56. The third-order valence-electron chi connectivity index (χ3n) is 4.00. The average Bonchev–Trinajstić information content (AvgIpc) is 3.10. The molecule has 3 rings (SSSR count). The summed E-state index contributed by atoms with van der Waals surface area (Å²) in [4.78, 5) is 8.22. The van der Waals surface area contributed by atoms with Gasteiger partial charge in [-0.05, 0) is 37.8 Å². The van der Waals surface area contributed by atoms with E-state index in [1.165, 1.54) is 19.3 Å². The molecule has 21 heavy (non-hydrogen) atoms. The number of hydrogen-bond acceptors (Lipinski definition) is 5. The van der Waals surface area contributed by atoms with Gasteiger partial charge in [0.1, 0.15) is 5.76 Å². The molecule has 0 aliphatic carbocycles. The minimum Gasteiger partial charge on any atom is -0.440 e. The lowest BCUT2D eigenvalue weighted by Crippen LogP contribution is -2.43. The second-order valence-corrected chi connectivity index (χ2v) is 6.30. The highest BCUT2D eigenvalue weighted by atomic mass is 35.5. The molecule has 1 unspecified atom stereocenters. The highest BCUT2D eigenvalue weighted by molar-refractivity contribution is 7.13. The van der Waals surface area contributed by atoms with Crippen LogP contribution in [0.1, 0.15) is 30.7 Å². The zero-order valence-electron chi connectivity index (χ0n) is 12.2. The summed E-state index contributed by atoms with van der Waals surface area (Å²) in [7, 11) is 0. The number of aryl methyl sites for hydroxylation is 1. The molecule has 0 amide bonds. The van der Waals surface area contributed by atoms with E-state index in [0.717, 1.165) is 41.9 Å². The van der Waals surface area contributed by atoms with Crippen LogP contribution in [0.4, 0.5) is 0 Å². The number of rotatable bonds is 4. The summed E-state index contributed by atoms with van der Waals surface area (Å²) in [5.74, 6) is 1.67. The number of nitrogens with zero attached hydrogens (tertiary/aromatic N) is 2. The Balaban J connectivity index is 0.00000161. The molecule has 0 aromatic carbocycles. The van der Waals surface area contributed by atoms with E-state index in [4.69, 9.17) is 10.2 Å². The van der Waals surface area contributed by atoms with Gasteiger partial charge in [-0.25, -0.2) is 4.98 Å². The standard InChI is InChI=1S/C15H21N3OS.ClH/c1-11-13(10-18-7-3-2-5-12(18)9-16)17-15(19-11)14-6-4-8-20-14;/h4,6,8,12H,2-3,5,7,9-10,16H2,1H3;1H. The lowest BCUT2D eigenvalue weighted by atomic mass is 10.0. The van der Waals surface area contributed by atoms with Gasteiger partial charge in [0.15, 0.2) is 0 Å². The molecule has 2 aromatic rings. The van der Waals surface area contributed by atoms with Crippen molar-refractivity contribution in [1.29, 1.82) is 0 Å². The third-order valence-corrected chi connectivity index (χ3v) is 4.86. The molecule has 3 heterocycles. The quantitative estimate of drug-likeness (QED) is 0.934. The number of oxazole rings is 1. The SMILES string of the molecule is Cc1oc(-c2cccs2)nc1CN1CCCCC1CN.Cl. The Morgan fingerprint density at radius 2 is 2.33 bits per heavy atom. The van der Waals surface area contributed by atoms with Crippen molar-refractivity contribution in [3.05, 3.63) is 29.0 Å². The van der Waals surface area contributed by atoms with E-state index < -0.39 is 0 Å². The first-order valence-corrected chi connectivity index (χ1v) is 8.10. The van der Waals surface area contributed by atoms with Crippen LogP contribution >= 0.6 is 23.7 Å². The van der Waals surface area contributed by atoms with Crippen molar-refractivity contribution in [2.75, 3.05) is 13.1 Å². The Kier molecular flexibility index (Phi) is 5.81. The lowest BCUT2D eigenvalue weighted by molar-refractivity contribution is 0.142. The summed E-state index contributed by atoms with van der Waals surface area (Å²) in [6.45, 7) is 4.70. The van der Waals surface area contributed by atoms with E-state index in [0.29, 0.717) is 6.04 Å². The van der Waals surface area contributed by atoms with Crippen molar-refractivity contribution >= 4 is 23.7 Å². The van der Waals surface area contributed by atoms with Gasteiger partial charge in [0.25, 0.3) is 0 Å². The van der Waals surface area contributed by atoms with E-state index in [1.807, 2.05) is 24.4 Å². The van der Waals surface area contributed by atoms with Gasteiger partial charge in [-0.3, -0.25) is 4.90 Å². The van der Waals surface area contributed by atoms with Gasteiger partial charge in [0.2, 0.25) is 5.89 Å². The lowest BCUT2D eigenvalue weighted by Gasteiger charge is -2.34. The Morgan fingerprint density at radius 1 is 1.48 bits per heavy atom. The largest absolute Gasteiger partial charge is 0.440 e. The number of hydrogen-bond donors (Lipinski definition) is 1. The van der Waals surface area contributed by atoms with E-state index in [9.17, 15) is 0 Å². The van der Waals surface area contributed by atoms with Crippen molar-refractivity contribution in [2.45, 2.75) is 38.8 Å². The van der Waals surface area contributed by atoms with E-state index >= 15 is 0 Å². The second kappa shape index (κ2) is 7.40. The fourth-order valence-electron chi connectivity index (χ4n) is 2.81. The molecule has 116 valence electrons. The van der Waals surface area contributed by atoms with Gasteiger partial charge in [-0.1, -0.05) is 12.5 Å². The van der Waals surface area contributed by atoms with Crippen LogP contribution in [0.2, 0.25) is 0 Å². The van der Waals surface area contributed by atoms with Crippen LogP contribution in [0.15, 0.2) is 21.9 Å². The molecule has 0 radical (unpaired) electrons. The maximum absolute atomic E-state index is 5.88. The van der Waals surface area contributed by atoms with Crippen LogP contribution in [0, 0.1) is 6.92 Å². The van der Waals surface area contributed by atoms with E-state index in [2.05, 4.69) is 9.88 Å². The molecule has 1 atom stereocenters. The normalized spacial score (nSPS) is 19.4. The first-order chi connectivity index (χ1) is 9.78. The number of aromatic nitrogens is 1. The molecule has 0 saturated carbocycles. The minimum absolute atomic E-state index is 0. The zero-order chi connectivity index (χ0) is 13.9. The Bertz CT molecular complexity index is 555. The number of nitrogens with two attached hydrogens (primary N) is 1. The van der Waals surface area contributed by atoms with Crippen LogP contribution in [-0.2, 0) is 6.54 Å². The molecule has 6 heteroatoms. The number of thiophene rings is 1. The Labute approximate surface area is 135 Å². The average molecular weight is 328 g/mol. The molecule has 1 aliphatic heterocycles. The van der Waals surface area contributed by atoms with E-state index in [-0.39, 0.29) is 12.4 Å². The zero-order valence-corrected chi connectivity index (χ0v) is 13.9. The van der Waals surface area contributed by atoms with Crippen molar-refractivity contribution in [2.24, 2.45) is 5.73 Å². The highest BCUT2D eigenvalue weighted by Gasteiger charge is 2.23. The van der Waals surface area contributed by atoms with Gasteiger partial charge in [-0.15, -0.1) is 23.7 Å². The maximum atomic E-state index is 5.88. The van der Waals surface area contributed by atoms with Gasteiger partial charge in [0.05, 0.1) is 10.6 Å². The van der Waals surface area contributed by atoms with Crippen LogP contribution in [0.5, 0.6) is 0 Å². The first-order valence-electron chi connectivity index (χ1n) is 7.22. The van der Waals surface area contributed by atoms with Crippen LogP contribution in [-0.4, -0.2) is 29.0 Å². The first kappa shape index (κ1) is 16.5. The van der Waals surface area contributed by atoms with Crippen LogP contribution in [0.3, 0.4) is 0 Å². The van der Waals surface area contributed by atoms with Gasteiger partial charge < -0.3 is 10.2 Å². The molecule has 0 spiro atoms. The van der Waals surface area contributed by atoms with Crippen molar-refractivity contribution in [1.82, 2.24) is 9.88 Å². The monoisotopic (exact) mass is 327 g/mol. The molecule has 1 aliphatic rings. The Morgan fingerprint density at radius 3 is 3.05 bits per heavy atom. The van der Waals surface area contributed by atoms with E-state index in [1.54, 1.807) is 11.3 Å². The van der Waals surface area contributed by atoms with Gasteiger partial charge in [-0.2, -0.15) is 0 Å². The summed E-state index contributed by atoms with van der Waals surface area (Å²) in [5, 5.41) is 2.05. The Hall–Kier alpha value is -0.880. The molecule has 1 saturated heterocycles. The number of halogens is 1. The summed E-state index contributed by atoms with van der Waals surface area (Å²) in [5.41, 5.74) is 6.93. The number of piperidine rings is 1. The maximum Gasteiger partial charge on any atom is 0.236 e. The number of likely N-dealkylation sites (tertiary alicyclic amines) is 1. The predicted octanol–water partition coefficient (Wildman–Crippen LogP) is 3.45. The third kappa shape index (κ3) is 3.66. The molecular weight excluding hydrogens is 306 g/mol. The van der Waals surface area contributed by atoms with Crippen LogP contribution < -0.4 is 5.73 Å². The minimum atomic E-state index is 0. The molecule has 1 fully saturated rings. The summed E-state index contributed by atoms with van der Waals surface area (Å²) < 4.78 is 5.81. The highest BCUT2D eigenvalue weighted by Crippen LogP contribution is 2.27. The van der Waals surface area contributed by atoms with Crippen molar-refractivity contribution < 1.29 is 4.42 Å². The molecule has 2 aromatic heterocycles. The summed E-state index contributed by atoms with van der Waals surface area (Å²) in [6.07, 6.45) is 3.74. The molecule has 2 N–H and O–H groups in total. The molecule has 0 bridgehead atoms. The van der Waals surface area contributed by atoms with Gasteiger partial charge >= 0.3 is 0 Å². The topological polar surface area (TPSA) is 55.3 Å². The molecule has 4 nitrogen and oxygen atoms in total. The summed E-state index contributed by atoms with van der Waals surface area (Å²) >= 11 is 1.66. The van der Waals surface area contributed by atoms with Crippen molar-refractivity contribution in [3.8, 4) is 10.8 Å². The van der Waals surface area contributed by atoms with Gasteiger partial charge in [0, 0.05) is 19.1 Å².